The van der Waals surface area contributed by atoms with E-state index in [-0.39, 0.29) is 5.78 Å². The fraction of sp³-hybridized carbons (Fsp3) is 0.150. The highest BCUT2D eigenvalue weighted by Gasteiger charge is 2.15. The molecule has 0 aliphatic heterocycles. The van der Waals surface area contributed by atoms with Crippen LogP contribution in [0.5, 0.6) is 0 Å². The number of aryl methyl sites for hydroxylation is 3. The summed E-state index contributed by atoms with van der Waals surface area (Å²) >= 11 is 0. The van der Waals surface area contributed by atoms with Crippen molar-refractivity contribution in [2.24, 2.45) is 0 Å². The highest BCUT2D eigenvalue weighted by atomic mass is 16.1. The predicted octanol–water partition coefficient (Wildman–Crippen LogP) is 5.00. The molecule has 3 aromatic carbocycles. The fourth-order valence-electron chi connectivity index (χ4n) is 2.77. The lowest BCUT2D eigenvalue weighted by Gasteiger charge is -2.11. The van der Waals surface area contributed by atoms with Gasteiger partial charge in [-0.2, -0.15) is 0 Å². The molecule has 0 radical (unpaired) electrons. The second-order valence-electron chi connectivity index (χ2n) is 5.61. The Kier molecular flexibility index (Phi) is 3.34. The van der Waals surface area contributed by atoms with E-state index in [4.69, 9.17) is 0 Å². The van der Waals surface area contributed by atoms with Crippen molar-refractivity contribution in [1.29, 1.82) is 0 Å². The number of carbonyl (C=O) groups is 1. The first-order valence-electron chi connectivity index (χ1n) is 7.18. The monoisotopic (exact) mass is 274 g/mol. The van der Waals surface area contributed by atoms with Gasteiger partial charge in [0.15, 0.2) is 5.78 Å². The van der Waals surface area contributed by atoms with Gasteiger partial charge in [0.05, 0.1) is 0 Å². The van der Waals surface area contributed by atoms with Gasteiger partial charge in [0.25, 0.3) is 0 Å². The first-order valence-corrected chi connectivity index (χ1v) is 7.18. The minimum Gasteiger partial charge on any atom is -0.289 e. The number of ketones is 1. The minimum atomic E-state index is 0.104. The van der Waals surface area contributed by atoms with E-state index in [9.17, 15) is 4.79 Å². The van der Waals surface area contributed by atoms with Crippen molar-refractivity contribution in [3.05, 3.63) is 82.4 Å². The summed E-state index contributed by atoms with van der Waals surface area (Å²) in [5, 5.41) is 2.12. The Morgan fingerprint density at radius 1 is 0.714 bits per heavy atom. The first kappa shape index (κ1) is 13.6. The van der Waals surface area contributed by atoms with Gasteiger partial charge in [-0.3, -0.25) is 4.79 Å². The van der Waals surface area contributed by atoms with Gasteiger partial charge in [0.1, 0.15) is 0 Å². The smallest absolute Gasteiger partial charge is 0.193 e. The third-order valence-electron chi connectivity index (χ3n) is 4.12. The van der Waals surface area contributed by atoms with Gasteiger partial charge in [-0.25, -0.2) is 0 Å². The Balaban J connectivity index is 2.20. The van der Waals surface area contributed by atoms with Crippen LogP contribution in [0.4, 0.5) is 0 Å². The minimum absolute atomic E-state index is 0.104. The molecule has 0 aliphatic rings. The lowest BCUT2D eigenvalue weighted by molar-refractivity contribution is 0.103. The molecule has 0 aliphatic carbocycles. The summed E-state index contributed by atoms with van der Waals surface area (Å²) in [6.45, 7) is 6.13. The second-order valence-corrected chi connectivity index (χ2v) is 5.61. The second kappa shape index (κ2) is 5.17. The van der Waals surface area contributed by atoms with Crippen LogP contribution in [0.25, 0.3) is 10.8 Å². The summed E-state index contributed by atoms with van der Waals surface area (Å²) in [7, 11) is 0. The van der Waals surface area contributed by atoms with Crippen LogP contribution in [0.3, 0.4) is 0 Å². The summed E-state index contributed by atoms with van der Waals surface area (Å²) in [6.07, 6.45) is 0. The molecule has 0 aromatic heterocycles. The lowest BCUT2D eigenvalue weighted by atomic mass is 9.92. The van der Waals surface area contributed by atoms with Crippen LogP contribution in [0.2, 0.25) is 0 Å². The average Bonchev–Trinajstić information content (AvgIpc) is 2.49. The summed E-state index contributed by atoms with van der Waals surface area (Å²) in [4.78, 5) is 12.9. The molecular formula is C20H18O. The lowest BCUT2D eigenvalue weighted by Crippen LogP contribution is -2.05. The van der Waals surface area contributed by atoms with E-state index < -0.39 is 0 Å². The van der Waals surface area contributed by atoms with Crippen LogP contribution in [0, 0.1) is 20.8 Å². The maximum absolute atomic E-state index is 12.9. The van der Waals surface area contributed by atoms with Crippen molar-refractivity contribution >= 4 is 16.6 Å². The molecule has 0 saturated heterocycles. The van der Waals surface area contributed by atoms with E-state index in [0.717, 1.165) is 33.0 Å². The Morgan fingerprint density at radius 3 is 2.19 bits per heavy atom. The molecule has 104 valence electrons. The van der Waals surface area contributed by atoms with Crippen molar-refractivity contribution < 1.29 is 4.79 Å². The summed E-state index contributed by atoms with van der Waals surface area (Å²) in [5.74, 6) is 0.104. The van der Waals surface area contributed by atoms with Gasteiger partial charge in [-0.05, 0) is 54.3 Å². The maximum atomic E-state index is 12.9. The molecule has 3 aromatic rings. The van der Waals surface area contributed by atoms with Crippen LogP contribution >= 0.6 is 0 Å². The maximum Gasteiger partial charge on any atom is 0.193 e. The third kappa shape index (κ3) is 2.36. The van der Waals surface area contributed by atoms with Gasteiger partial charge in [-0.1, -0.05) is 48.5 Å². The Hall–Kier alpha value is -2.41. The molecular weight excluding hydrogens is 256 g/mol. The molecule has 0 atom stereocenters. The van der Waals surface area contributed by atoms with Crippen LogP contribution in [0.1, 0.15) is 32.6 Å². The molecule has 0 bridgehead atoms. The zero-order chi connectivity index (χ0) is 15.0. The molecule has 3 rings (SSSR count). The standard InChI is InChI=1S/C20H18O/c1-13-11-15(3)19(12-14(13)2)20(21)18-10-6-8-16-7-4-5-9-17(16)18/h4-12H,1-3H3. The summed E-state index contributed by atoms with van der Waals surface area (Å²) in [5.41, 5.74) is 5.00. The molecule has 0 amide bonds. The van der Waals surface area contributed by atoms with E-state index in [1.54, 1.807) is 0 Å². The molecule has 1 nitrogen and oxygen atoms in total. The molecule has 1 heteroatoms. The van der Waals surface area contributed by atoms with E-state index in [1.165, 1.54) is 5.56 Å². The van der Waals surface area contributed by atoms with Crippen LogP contribution in [-0.2, 0) is 0 Å². The number of hydrogen-bond acceptors (Lipinski definition) is 1. The van der Waals surface area contributed by atoms with Crippen LogP contribution in [-0.4, -0.2) is 5.78 Å². The third-order valence-corrected chi connectivity index (χ3v) is 4.12. The molecule has 21 heavy (non-hydrogen) atoms. The van der Waals surface area contributed by atoms with E-state index in [1.807, 2.05) is 55.5 Å². The summed E-state index contributed by atoms with van der Waals surface area (Å²) < 4.78 is 0. The van der Waals surface area contributed by atoms with Gasteiger partial charge < -0.3 is 0 Å². The normalized spacial score (nSPS) is 10.8. The van der Waals surface area contributed by atoms with Gasteiger partial charge in [-0.15, -0.1) is 0 Å². The Bertz CT molecular complexity index is 838. The van der Waals surface area contributed by atoms with Crippen LogP contribution in [0.15, 0.2) is 54.6 Å². The molecule has 0 unspecified atom stereocenters. The average molecular weight is 274 g/mol. The van der Waals surface area contributed by atoms with E-state index in [2.05, 4.69) is 19.9 Å². The highest BCUT2D eigenvalue weighted by molar-refractivity contribution is 6.17. The predicted molar refractivity (Wildman–Crippen MR) is 88.0 cm³/mol. The first-order chi connectivity index (χ1) is 10.1. The number of fused-ring (bicyclic) bond motifs is 1. The number of hydrogen-bond donors (Lipinski definition) is 0. The topological polar surface area (TPSA) is 17.1 Å². The van der Waals surface area contributed by atoms with Crippen molar-refractivity contribution in [3.63, 3.8) is 0 Å². The Morgan fingerprint density at radius 2 is 1.38 bits per heavy atom. The van der Waals surface area contributed by atoms with E-state index >= 15 is 0 Å². The quantitative estimate of drug-likeness (QED) is 0.601. The van der Waals surface area contributed by atoms with Crippen molar-refractivity contribution in [2.45, 2.75) is 20.8 Å². The van der Waals surface area contributed by atoms with Gasteiger partial charge in [0, 0.05) is 11.1 Å². The number of benzene rings is 3. The Labute approximate surface area is 125 Å². The highest BCUT2D eigenvalue weighted by Crippen LogP contribution is 2.24. The van der Waals surface area contributed by atoms with E-state index in [0.29, 0.717) is 0 Å². The van der Waals surface area contributed by atoms with Crippen LogP contribution < -0.4 is 0 Å². The van der Waals surface area contributed by atoms with Crippen molar-refractivity contribution in [1.82, 2.24) is 0 Å². The number of rotatable bonds is 2. The van der Waals surface area contributed by atoms with Gasteiger partial charge >= 0.3 is 0 Å². The van der Waals surface area contributed by atoms with Crippen molar-refractivity contribution in [2.75, 3.05) is 0 Å². The molecule has 0 heterocycles. The van der Waals surface area contributed by atoms with Crippen molar-refractivity contribution in [3.8, 4) is 0 Å². The SMILES string of the molecule is Cc1cc(C)c(C(=O)c2cccc3ccccc23)cc1C. The number of carbonyl (C=O) groups excluding carboxylic acids is 1. The zero-order valence-corrected chi connectivity index (χ0v) is 12.6. The zero-order valence-electron chi connectivity index (χ0n) is 12.6. The molecule has 0 N–H and O–H groups in total. The fourth-order valence-corrected chi connectivity index (χ4v) is 2.77. The summed E-state index contributed by atoms with van der Waals surface area (Å²) in [6, 6.07) is 18.0. The largest absolute Gasteiger partial charge is 0.289 e. The van der Waals surface area contributed by atoms with Gasteiger partial charge in [0.2, 0.25) is 0 Å². The molecule has 0 spiro atoms. The molecule has 0 fully saturated rings. The molecule has 0 saturated carbocycles.